The molecule has 0 amide bonds. The molecule has 3 aromatic rings. The molecule has 0 bridgehead atoms. The summed E-state index contributed by atoms with van der Waals surface area (Å²) in [5, 5.41) is 15.5. The highest BCUT2D eigenvalue weighted by atomic mass is 16.5. The highest BCUT2D eigenvalue weighted by Gasteiger charge is 2.25. The molecule has 2 N–H and O–H groups in total. The number of hydrogen-bond acceptors (Lipinski definition) is 7. The minimum absolute atomic E-state index is 0.557. The molecule has 7 heteroatoms. The lowest BCUT2D eigenvalue weighted by Gasteiger charge is -2.11. The van der Waals surface area contributed by atoms with Crippen LogP contribution in [0.4, 0.5) is 17.5 Å². The first-order valence-corrected chi connectivity index (χ1v) is 9.59. The molecule has 1 aliphatic carbocycles. The molecule has 4 rings (SSSR count). The fourth-order valence-electron chi connectivity index (χ4n) is 3.05. The van der Waals surface area contributed by atoms with E-state index in [2.05, 4.69) is 38.8 Å². The van der Waals surface area contributed by atoms with Crippen LogP contribution in [0.5, 0.6) is 0 Å². The van der Waals surface area contributed by atoms with Crippen molar-refractivity contribution in [3.8, 4) is 17.3 Å². The molecular formula is C22H22N6O. The Hall–Kier alpha value is -3.50. The number of ether oxygens (including phenoxy) is 1. The molecule has 0 atom stereocenters. The topological polar surface area (TPSA) is 95.8 Å². The number of pyridine rings is 3. The van der Waals surface area contributed by atoms with Gasteiger partial charge in [-0.2, -0.15) is 5.26 Å². The van der Waals surface area contributed by atoms with E-state index in [-0.39, 0.29) is 0 Å². The second-order valence-corrected chi connectivity index (χ2v) is 6.96. The number of nitrogens with zero attached hydrogens (tertiary/aromatic N) is 4. The molecule has 0 spiro atoms. The summed E-state index contributed by atoms with van der Waals surface area (Å²) in [7, 11) is 1.68. The van der Waals surface area contributed by atoms with Crippen LogP contribution in [-0.2, 0) is 4.74 Å². The third kappa shape index (κ3) is 4.86. The molecule has 3 aromatic heterocycles. The number of methoxy groups -OCH3 is 1. The molecule has 0 aromatic carbocycles. The van der Waals surface area contributed by atoms with Crippen molar-refractivity contribution in [2.75, 3.05) is 30.9 Å². The first kappa shape index (κ1) is 18.8. The lowest BCUT2D eigenvalue weighted by Crippen LogP contribution is -2.08. The number of rotatable bonds is 8. The van der Waals surface area contributed by atoms with Crippen LogP contribution in [0.2, 0.25) is 0 Å². The molecule has 0 saturated heterocycles. The van der Waals surface area contributed by atoms with Crippen molar-refractivity contribution in [2.45, 2.75) is 18.8 Å². The third-order valence-electron chi connectivity index (χ3n) is 4.71. The Morgan fingerprint density at radius 1 is 1.10 bits per heavy atom. The summed E-state index contributed by atoms with van der Waals surface area (Å²) in [6, 6.07) is 13.7. The van der Waals surface area contributed by atoms with Crippen molar-refractivity contribution < 1.29 is 4.74 Å². The zero-order valence-electron chi connectivity index (χ0n) is 16.2. The minimum atomic E-state index is 0.557. The molecule has 146 valence electrons. The quantitative estimate of drug-likeness (QED) is 0.563. The number of anilines is 3. The van der Waals surface area contributed by atoms with E-state index in [0.717, 1.165) is 17.1 Å². The SMILES string of the molecule is COCCNc1ccc(-c2cc(C3CC3)cc(Nc3cc(C#N)ccn3)n2)cn1. The van der Waals surface area contributed by atoms with Gasteiger partial charge in [0, 0.05) is 31.6 Å². The molecule has 0 unspecified atom stereocenters. The van der Waals surface area contributed by atoms with Gasteiger partial charge in [0.25, 0.3) is 0 Å². The summed E-state index contributed by atoms with van der Waals surface area (Å²) < 4.78 is 5.04. The van der Waals surface area contributed by atoms with Crippen molar-refractivity contribution in [1.29, 1.82) is 5.26 Å². The molecule has 1 aliphatic rings. The van der Waals surface area contributed by atoms with Crippen molar-refractivity contribution in [1.82, 2.24) is 15.0 Å². The Balaban J connectivity index is 1.59. The average molecular weight is 386 g/mol. The standard InChI is InChI=1S/C22H22N6O/c1-29-9-8-25-20-5-4-17(14-26-20)19-11-18(16-2-3-16)12-22(27-19)28-21-10-15(13-23)6-7-24-21/h4-7,10-12,14,16H,2-3,8-9H2,1H3,(H,25,26)(H,24,27,28). The maximum absolute atomic E-state index is 9.10. The zero-order chi connectivity index (χ0) is 20.1. The fraction of sp³-hybridized carbons (Fsp3) is 0.273. The molecule has 29 heavy (non-hydrogen) atoms. The van der Waals surface area contributed by atoms with Crippen LogP contribution in [-0.4, -0.2) is 35.2 Å². The summed E-state index contributed by atoms with van der Waals surface area (Å²) in [5.41, 5.74) is 3.63. The smallest absolute Gasteiger partial charge is 0.132 e. The van der Waals surface area contributed by atoms with Gasteiger partial charge in [0.05, 0.1) is 23.9 Å². The van der Waals surface area contributed by atoms with Gasteiger partial charge >= 0.3 is 0 Å². The van der Waals surface area contributed by atoms with Gasteiger partial charge in [0.15, 0.2) is 0 Å². The predicted octanol–water partition coefficient (Wildman–Crippen LogP) is 4.09. The number of nitrogens with one attached hydrogen (secondary N) is 2. The Kier molecular flexibility index (Phi) is 5.63. The lowest BCUT2D eigenvalue weighted by molar-refractivity contribution is 0.210. The van der Waals surface area contributed by atoms with Crippen molar-refractivity contribution in [3.63, 3.8) is 0 Å². The molecule has 3 heterocycles. The second-order valence-electron chi connectivity index (χ2n) is 6.96. The van der Waals surface area contributed by atoms with Gasteiger partial charge in [-0.05, 0) is 60.7 Å². The van der Waals surface area contributed by atoms with E-state index >= 15 is 0 Å². The normalized spacial score (nSPS) is 13.0. The van der Waals surface area contributed by atoms with E-state index in [1.54, 1.807) is 25.4 Å². The van der Waals surface area contributed by atoms with Crippen LogP contribution in [0.15, 0.2) is 48.8 Å². The van der Waals surface area contributed by atoms with Gasteiger partial charge in [-0.3, -0.25) is 0 Å². The fourth-order valence-corrected chi connectivity index (χ4v) is 3.05. The molecule has 1 saturated carbocycles. The van der Waals surface area contributed by atoms with E-state index in [9.17, 15) is 0 Å². The van der Waals surface area contributed by atoms with Crippen LogP contribution < -0.4 is 10.6 Å². The van der Waals surface area contributed by atoms with E-state index in [4.69, 9.17) is 15.0 Å². The summed E-state index contributed by atoms with van der Waals surface area (Å²) in [6.07, 6.45) is 5.84. The highest BCUT2D eigenvalue weighted by Crippen LogP contribution is 2.42. The summed E-state index contributed by atoms with van der Waals surface area (Å²) >= 11 is 0. The van der Waals surface area contributed by atoms with Gasteiger partial charge in [-0.25, -0.2) is 15.0 Å². The molecule has 0 aliphatic heterocycles. The van der Waals surface area contributed by atoms with Gasteiger partial charge in [-0.1, -0.05) is 0 Å². The summed E-state index contributed by atoms with van der Waals surface area (Å²) in [4.78, 5) is 13.5. The van der Waals surface area contributed by atoms with Crippen LogP contribution >= 0.6 is 0 Å². The lowest BCUT2D eigenvalue weighted by atomic mass is 10.1. The Bertz CT molecular complexity index is 1020. The maximum Gasteiger partial charge on any atom is 0.132 e. The maximum atomic E-state index is 9.10. The molecule has 0 radical (unpaired) electrons. The van der Waals surface area contributed by atoms with Gasteiger partial charge in [-0.15, -0.1) is 0 Å². The molecular weight excluding hydrogens is 364 g/mol. The predicted molar refractivity (Wildman–Crippen MR) is 112 cm³/mol. The monoisotopic (exact) mass is 386 g/mol. The van der Waals surface area contributed by atoms with E-state index in [0.29, 0.717) is 36.3 Å². The van der Waals surface area contributed by atoms with E-state index < -0.39 is 0 Å². The first-order chi connectivity index (χ1) is 14.2. The van der Waals surface area contributed by atoms with Crippen LogP contribution in [0.3, 0.4) is 0 Å². The zero-order valence-corrected chi connectivity index (χ0v) is 16.2. The Labute approximate surface area is 169 Å². The number of aromatic nitrogens is 3. The van der Waals surface area contributed by atoms with E-state index in [1.165, 1.54) is 18.4 Å². The van der Waals surface area contributed by atoms with Gasteiger partial charge in [0.2, 0.25) is 0 Å². The van der Waals surface area contributed by atoms with Gasteiger partial charge in [0.1, 0.15) is 17.5 Å². The first-order valence-electron chi connectivity index (χ1n) is 9.59. The van der Waals surface area contributed by atoms with E-state index in [1.807, 2.05) is 18.3 Å². The minimum Gasteiger partial charge on any atom is -0.383 e. The van der Waals surface area contributed by atoms with Crippen LogP contribution in [0, 0.1) is 11.3 Å². The number of hydrogen-bond donors (Lipinski definition) is 2. The largest absolute Gasteiger partial charge is 0.383 e. The van der Waals surface area contributed by atoms with Crippen molar-refractivity contribution in [2.24, 2.45) is 0 Å². The number of nitriles is 1. The van der Waals surface area contributed by atoms with Gasteiger partial charge < -0.3 is 15.4 Å². The molecule has 1 fully saturated rings. The average Bonchev–Trinajstić information content (AvgIpc) is 3.60. The third-order valence-corrected chi connectivity index (χ3v) is 4.71. The van der Waals surface area contributed by atoms with Crippen LogP contribution in [0.1, 0.15) is 29.9 Å². The second kappa shape index (κ2) is 8.67. The Morgan fingerprint density at radius 3 is 2.72 bits per heavy atom. The highest BCUT2D eigenvalue weighted by molar-refractivity contribution is 5.65. The van der Waals surface area contributed by atoms with Crippen LogP contribution in [0.25, 0.3) is 11.3 Å². The Morgan fingerprint density at radius 2 is 2.00 bits per heavy atom. The summed E-state index contributed by atoms with van der Waals surface area (Å²) in [6.45, 7) is 1.34. The summed E-state index contributed by atoms with van der Waals surface area (Å²) in [5.74, 6) is 2.71. The van der Waals surface area contributed by atoms with Crippen molar-refractivity contribution in [3.05, 3.63) is 59.9 Å². The molecule has 7 nitrogen and oxygen atoms in total. The van der Waals surface area contributed by atoms with Crippen molar-refractivity contribution >= 4 is 17.5 Å².